The van der Waals surface area contributed by atoms with Gasteiger partial charge in [-0.05, 0) is 24.6 Å². The van der Waals surface area contributed by atoms with Crippen molar-refractivity contribution >= 4 is 33.3 Å². The average Bonchev–Trinajstić information content (AvgIpc) is 2.33. The molecule has 0 saturated carbocycles. The zero-order valence-electron chi connectivity index (χ0n) is 9.16. The first kappa shape index (κ1) is 10.4. The molecule has 0 atom stereocenters. The summed E-state index contributed by atoms with van der Waals surface area (Å²) in [6.07, 6.45) is 0. The molecule has 2 nitrogen and oxygen atoms in total. The molecule has 0 aliphatic heterocycles. The molecular formula is C14H9ClO2. The maximum absolute atomic E-state index is 11.9. The number of fused-ring (bicyclic) bond motifs is 3. The summed E-state index contributed by atoms with van der Waals surface area (Å²) in [5.41, 5.74) is 1.04. The summed E-state index contributed by atoms with van der Waals surface area (Å²) in [6.45, 7) is 1.83. The van der Waals surface area contributed by atoms with Gasteiger partial charge in [0.15, 0.2) is 0 Å². The Hall–Kier alpha value is -1.80. The van der Waals surface area contributed by atoms with E-state index in [2.05, 4.69) is 0 Å². The second-order valence-corrected chi connectivity index (χ2v) is 4.39. The Morgan fingerprint density at radius 2 is 1.82 bits per heavy atom. The van der Waals surface area contributed by atoms with Crippen LogP contribution in [0.4, 0.5) is 0 Å². The fourth-order valence-electron chi connectivity index (χ4n) is 2.10. The summed E-state index contributed by atoms with van der Waals surface area (Å²) < 4.78 is 5.30. The van der Waals surface area contributed by atoms with Gasteiger partial charge in [-0.1, -0.05) is 35.9 Å². The summed E-state index contributed by atoms with van der Waals surface area (Å²) in [7, 11) is 0. The van der Waals surface area contributed by atoms with E-state index in [1.807, 2.05) is 37.3 Å². The lowest BCUT2D eigenvalue weighted by molar-refractivity contribution is 0.569. The number of para-hydroxylation sites is 1. The molecule has 1 heterocycles. The zero-order valence-corrected chi connectivity index (χ0v) is 9.91. The topological polar surface area (TPSA) is 30.2 Å². The van der Waals surface area contributed by atoms with Crippen LogP contribution in [0.5, 0.6) is 0 Å². The van der Waals surface area contributed by atoms with Gasteiger partial charge in [0.2, 0.25) is 0 Å². The maximum atomic E-state index is 11.9. The van der Waals surface area contributed by atoms with Crippen LogP contribution in [-0.2, 0) is 0 Å². The molecule has 0 aliphatic rings. The highest BCUT2D eigenvalue weighted by atomic mass is 35.5. The number of hydrogen-bond acceptors (Lipinski definition) is 2. The molecular weight excluding hydrogens is 236 g/mol. The van der Waals surface area contributed by atoms with Crippen LogP contribution in [0.15, 0.2) is 45.6 Å². The Morgan fingerprint density at radius 3 is 2.65 bits per heavy atom. The van der Waals surface area contributed by atoms with E-state index < -0.39 is 0 Å². The molecule has 17 heavy (non-hydrogen) atoms. The van der Waals surface area contributed by atoms with E-state index in [1.54, 1.807) is 6.07 Å². The third kappa shape index (κ3) is 1.45. The quantitative estimate of drug-likeness (QED) is 0.443. The van der Waals surface area contributed by atoms with E-state index in [0.29, 0.717) is 16.0 Å². The Balaban J connectivity index is 2.68. The second kappa shape index (κ2) is 3.60. The molecule has 0 radical (unpaired) electrons. The lowest BCUT2D eigenvalue weighted by Crippen LogP contribution is -2.02. The average molecular weight is 245 g/mol. The lowest BCUT2D eigenvalue weighted by atomic mass is 10.0. The third-order valence-corrected chi connectivity index (χ3v) is 3.39. The van der Waals surface area contributed by atoms with Crippen LogP contribution in [0.25, 0.3) is 21.7 Å². The number of hydrogen-bond donors (Lipinski definition) is 0. The molecule has 3 rings (SSSR count). The SMILES string of the molecule is Cc1c(Cl)ccc2c1c(=O)oc1ccccc12. The summed E-state index contributed by atoms with van der Waals surface area (Å²) >= 11 is 6.03. The highest BCUT2D eigenvalue weighted by Gasteiger charge is 2.10. The Bertz CT molecular complexity index is 787. The zero-order chi connectivity index (χ0) is 12.0. The number of rotatable bonds is 0. The van der Waals surface area contributed by atoms with Gasteiger partial charge in [0.1, 0.15) is 5.58 Å². The molecule has 0 amide bonds. The predicted molar refractivity (Wildman–Crippen MR) is 69.7 cm³/mol. The minimum Gasteiger partial charge on any atom is -0.422 e. The fraction of sp³-hybridized carbons (Fsp3) is 0.0714. The normalized spacial score (nSPS) is 11.2. The Labute approximate surface area is 102 Å². The van der Waals surface area contributed by atoms with Gasteiger partial charge in [-0.15, -0.1) is 0 Å². The predicted octanol–water partition coefficient (Wildman–Crippen LogP) is 3.91. The molecule has 0 unspecified atom stereocenters. The van der Waals surface area contributed by atoms with E-state index >= 15 is 0 Å². The number of halogens is 1. The standard InChI is InChI=1S/C14H9ClO2/c1-8-11(15)7-6-10-9-4-2-3-5-12(9)17-14(16)13(8)10/h2-7H,1H3. The molecule has 0 fully saturated rings. The molecule has 0 bridgehead atoms. The summed E-state index contributed by atoms with van der Waals surface area (Å²) in [4.78, 5) is 11.9. The van der Waals surface area contributed by atoms with Crippen molar-refractivity contribution in [2.24, 2.45) is 0 Å². The van der Waals surface area contributed by atoms with Crippen LogP contribution in [0.3, 0.4) is 0 Å². The minimum atomic E-state index is -0.335. The van der Waals surface area contributed by atoms with Gasteiger partial charge in [-0.3, -0.25) is 0 Å². The van der Waals surface area contributed by atoms with Crippen molar-refractivity contribution in [2.45, 2.75) is 6.92 Å². The van der Waals surface area contributed by atoms with Crippen molar-refractivity contribution in [1.29, 1.82) is 0 Å². The van der Waals surface area contributed by atoms with Crippen molar-refractivity contribution in [3.8, 4) is 0 Å². The summed E-state index contributed by atoms with van der Waals surface area (Å²) in [6, 6.07) is 11.2. The first-order valence-electron chi connectivity index (χ1n) is 5.29. The summed E-state index contributed by atoms with van der Waals surface area (Å²) in [5.74, 6) is 0. The molecule has 84 valence electrons. The third-order valence-electron chi connectivity index (χ3n) is 2.98. The van der Waals surface area contributed by atoms with E-state index in [-0.39, 0.29) is 5.63 Å². The minimum absolute atomic E-state index is 0.335. The van der Waals surface area contributed by atoms with E-state index in [0.717, 1.165) is 16.3 Å². The van der Waals surface area contributed by atoms with E-state index in [1.165, 1.54) is 0 Å². The van der Waals surface area contributed by atoms with Crippen LogP contribution >= 0.6 is 11.6 Å². The molecule has 0 spiro atoms. The molecule has 2 aromatic carbocycles. The number of aryl methyl sites for hydroxylation is 1. The molecule has 0 saturated heterocycles. The smallest absolute Gasteiger partial charge is 0.344 e. The van der Waals surface area contributed by atoms with Gasteiger partial charge >= 0.3 is 5.63 Å². The highest BCUT2D eigenvalue weighted by molar-refractivity contribution is 6.32. The van der Waals surface area contributed by atoms with Crippen LogP contribution < -0.4 is 5.63 Å². The Kier molecular flexibility index (Phi) is 2.20. The van der Waals surface area contributed by atoms with Crippen LogP contribution in [0, 0.1) is 6.92 Å². The monoisotopic (exact) mass is 244 g/mol. The van der Waals surface area contributed by atoms with Crippen LogP contribution in [0.2, 0.25) is 5.02 Å². The van der Waals surface area contributed by atoms with Gasteiger partial charge in [0.05, 0.1) is 5.39 Å². The molecule has 3 heteroatoms. The van der Waals surface area contributed by atoms with Gasteiger partial charge in [0.25, 0.3) is 0 Å². The maximum Gasteiger partial charge on any atom is 0.344 e. The van der Waals surface area contributed by atoms with Crippen LogP contribution in [0.1, 0.15) is 5.56 Å². The Morgan fingerprint density at radius 1 is 1.06 bits per heavy atom. The first-order chi connectivity index (χ1) is 8.18. The van der Waals surface area contributed by atoms with Crippen molar-refractivity contribution in [3.63, 3.8) is 0 Å². The lowest BCUT2D eigenvalue weighted by Gasteiger charge is -2.05. The van der Waals surface area contributed by atoms with Crippen molar-refractivity contribution in [1.82, 2.24) is 0 Å². The fourth-order valence-corrected chi connectivity index (χ4v) is 2.26. The highest BCUT2D eigenvalue weighted by Crippen LogP contribution is 2.28. The van der Waals surface area contributed by atoms with E-state index in [9.17, 15) is 4.79 Å². The number of benzene rings is 2. The van der Waals surface area contributed by atoms with Crippen molar-refractivity contribution < 1.29 is 4.42 Å². The van der Waals surface area contributed by atoms with Gasteiger partial charge < -0.3 is 4.42 Å². The first-order valence-corrected chi connectivity index (χ1v) is 5.67. The van der Waals surface area contributed by atoms with Crippen molar-refractivity contribution in [3.05, 3.63) is 57.4 Å². The second-order valence-electron chi connectivity index (χ2n) is 3.98. The van der Waals surface area contributed by atoms with Gasteiger partial charge in [-0.2, -0.15) is 0 Å². The summed E-state index contributed by atoms with van der Waals surface area (Å²) in [5, 5.41) is 2.97. The van der Waals surface area contributed by atoms with Gasteiger partial charge in [-0.25, -0.2) is 4.79 Å². The molecule has 0 aliphatic carbocycles. The van der Waals surface area contributed by atoms with Crippen LogP contribution in [-0.4, -0.2) is 0 Å². The van der Waals surface area contributed by atoms with E-state index in [4.69, 9.17) is 16.0 Å². The molecule has 1 aromatic heterocycles. The molecule has 0 N–H and O–H groups in total. The largest absolute Gasteiger partial charge is 0.422 e. The molecule has 3 aromatic rings. The van der Waals surface area contributed by atoms with Gasteiger partial charge in [0, 0.05) is 15.8 Å². The van der Waals surface area contributed by atoms with Crippen molar-refractivity contribution in [2.75, 3.05) is 0 Å².